The van der Waals surface area contributed by atoms with Crippen molar-refractivity contribution >= 4 is 11.9 Å². The Morgan fingerprint density at radius 1 is 1.36 bits per heavy atom. The largest absolute Gasteiger partial charge is 0.479 e. The number of aliphatic carboxylic acids is 1. The van der Waals surface area contributed by atoms with Gasteiger partial charge in [0.2, 0.25) is 0 Å². The van der Waals surface area contributed by atoms with E-state index < -0.39 is 12.1 Å². The average Bonchev–Trinajstić information content (AvgIpc) is 3.15. The van der Waals surface area contributed by atoms with Gasteiger partial charge in [0.25, 0.3) is 5.91 Å². The highest BCUT2D eigenvalue weighted by atomic mass is 16.5. The van der Waals surface area contributed by atoms with E-state index in [1.54, 1.807) is 16.3 Å². The van der Waals surface area contributed by atoms with E-state index in [2.05, 4.69) is 5.10 Å². The molecule has 1 aliphatic heterocycles. The van der Waals surface area contributed by atoms with E-state index >= 15 is 0 Å². The van der Waals surface area contributed by atoms with Crippen LogP contribution in [0.4, 0.5) is 0 Å². The molecule has 0 aromatic carbocycles. The number of nitrogens with zero attached hydrogens (tertiary/aromatic N) is 4. The van der Waals surface area contributed by atoms with Crippen LogP contribution in [-0.2, 0) is 16.6 Å². The summed E-state index contributed by atoms with van der Waals surface area (Å²) in [7, 11) is 1.76. The number of carboxylic acids is 1. The third-order valence-corrected chi connectivity index (χ3v) is 3.62. The van der Waals surface area contributed by atoms with E-state index in [0.29, 0.717) is 17.9 Å². The molecule has 22 heavy (non-hydrogen) atoms. The Morgan fingerprint density at radius 3 is 2.77 bits per heavy atom. The molecule has 3 rings (SSSR count). The summed E-state index contributed by atoms with van der Waals surface area (Å²) in [6.45, 7) is 0.610. The van der Waals surface area contributed by atoms with Crippen LogP contribution in [0, 0.1) is 0 Å². The zero-order chi connectivity index (χ0) is 15.7. The summed E-state index contributed by atoms with van der Waals surface area (Å²) in [5, 5.41) is 13.2. The number of hydrogen-bond donors (Lipinski definition) is 1. The summed E-state index contributed by atoms with van der Waals surface area (Å²) in [5.41, 5.74) is 0.435. The van der Waals surface area contributed by atoms with Gasteiger partial charge in [-0.2, -0.15) is 5.10 Å². The minimum Gasteiger partial charge on any atom is -0.479 e. The van der Waals surface area contributed by atoms with Crippen molar-refractivity contribution in [2.75, 3.05) is 19.7 Å². The molecule has 2 aromatic rings. The summed E-state index contributed by atoms with van der Waals surface area (Å²) in [6.07, 6.45) is 4.17. The lowest BCUT2D eigenvalue weighted by Crippen LogP contribution is -2.48. The van der Waals surface area contributed by atoms with E-state index in [1.807, 2.05) is 24.5 Å². The van der Waals surface area contributed by atoms with Crippen LogP contribution in [0.25, 0.3) is 5.82 Å². The van der Waals surface area contributed by atoms with Gasteiger partial charge in [-0.1, -0.05) is 0 Å². The maximum absolute atomic E-state index is 12.7. The zero-order valence-corrected chi connectivity index (χ0v) is 12.0. The number of hydrogen-bond acceptors (Lipinski definition) is 4. The molecule has 0 unspecified atom stereocenters. The van der Waals surface area contributed by atoms with Gasteiger partial charge in [0.1, 0.15) is 11.4 Å². The van der Waals surface area contributed by atoms with Crippen LogP contribution in [0.5, 0.6) is 0 Å². The van der Waals surface area contributed by atoms with Crippen LogP contribution < -0.4 is 0 Å². The molecule has 8 heteroatoms. The minimum atomic E-state index is -1.06. The van der Waals surface area contributed by atoms with Crippen LogP contribution in [0.1, 0.15) is 10.4 Å². The highest BCUT2D eigenvalue weighted by Crippen LogP contribution is 2.18. The molecule has 1 N–H and O–H groups in total. The molecular weight excluding hydrogens is 288 g/mol. The quantitative estimate of drug-likeness (QED) is 0.871. The molecule has 3 heterocycles. The van der Waals surface area contributed by atoms with E-state index in [0.717, 1.165) is 0 Å². The molecule has 2 aromatic heterocycles. The third kappa shape index (κ3) is 2.48. The Balaban J connectivity index is 1.88. The lowest BCUT2D eigenvalue weighted by Gasteiger charge is -2.30. The van der Waals surface area contributed by atoms with Crippen molar-refractivity contribution in [3.05, 3.63) is 36.3 Å². The van der Waals surface area contributed by atoms with Gasteiger partial charge in [0.05, 0.1) is 19.3 Å². The molecule has 1 fully saturated rings. The van der Waals surface area contributed by atoms with Crippen LogP contribution in [0.2, 0.25) is 0 Å². The second-order valence-electron chi connectivity index (χ2n) is 5.04. The smallest absolute Gasteiger partial charge is 0.334 e. The molecule has 0 aliphatic carbocycles. The van der Waals surface area contributed by atoms with Crippen molar-refractivity contribution in [2.24, 2.45) is 7.05 Å². The first-order chi connectivity index (χ1) is 10.6. The van der Waals surface area contributed by atoms with Crippen molar-refractivity contribution < 1.29 is 19.4 Å². The fraction of sp³-hybridized carbons (Fsp3) is 0.357. The molecule has 0 spiro atoms. The number of amides is 1. The van der Waals surface area contributed by atoms with E-state index in [1.165, 1.54) is 11.1 Å². The highest BCUT2D eigenvalue weighted by molar-refractivity contribution is 5.97. The number of ether oxygens (including phenoxy) is 1. The third-order valence-electron chi connectivity index (χ3n) is 3.62. The molecule has 1 saturated heterocycles. The normalized spacial score (nSPS) is 18.4. The van der Waals surface area contributed by atoms with Crippen molar-refractivity contribution in [3.8, 4) is 5.82 Å². The number of carbonyl (C=O) groups excluding carboxylic acids is 1. The molecule has 0 bridgehead atoms. The fourth-order valence-electron chi connectivity index (χ4n) is 2.52. The predicted octanol–water partition coefficient (Wildman–Crippen LogP) is 0.136. The number of carbonyl (C=O) groups is 2. The van der Waals surface area contributed by atoms with Gasteiger partial charge in [-0.15, -0.1) is 0 Å². The molecule has 0 radical (unpaired) electrons. The summed E-state index contributed by atoms with van der Waals surface area (Å²) in [5.74, 6) is -0.658. The van der Waals surface area contributed by atoms with E-state index in [-0.39, 0.29) is 19.1 Å². The van der Waals surface area contributed by atoms with E-state index in [4.69, 9.17) is 9.84 Å². The molecule has 8 nitrogen and oxygen atoms in total. The zero-order valence-electron chi connectivity index (χ0n) is 12.0. The number of rotatable bonds is 3. The first kappa shape index (κ1) is 14.3. The lowest BCUT2D eigenvalue weighted by atomic mass is 10.2. The number of morpholine rings is 1. The van der Waals surface area contributed by atoms with Gasteiger partial charge in [-0.25, -0.2) is 4.79 Å². The summed E-state index contributed by atoms with van der Waals surface area (Å²) in [4.78, 5) is 25.2. The molecular formula is C14H16N4O4. The van der Waals surface area contributed by atoms with Crippen molar-refractivity contribution in [3.63, 3.8) is 0 Å². The van der Waals surface area contributed by atoms with Crippen molar-refractivity contribution in [1.82, 2.24) is 19.2 Å². The second-order valence-corrected chi connectivity index (χ2v) is 5.04. The summed E-state index contributed by atoms with van der Waals surface area (Å²) in [6, 6.07) is 3.72. The Labute approximate surface area is 126 Å². The van der Waals surface area contributed by atoms with Crippen molar-refractivity contribution in [2.45, 2.75) is 6.10 Å². The molecule has 0 saturated carbocycles. The highest BCUT2D eigenvalue weighted by Gasteiger charge is 2.31. The number of carboxylic acid groups (broad SMARTS) is 1. The Morgan fingerprint density at radius 2 is 2.09 bits per heavy atom. The van der Waals surface area contributed by atoms with Gasteiger partial charge >= 0.3 is 5.97 Å². The Kier molecular flexibility index (Phi) is 3.68. The summed E-state index contributed by atoms with van der Waals surface area (Å²) >= 11 is 0. The van der Waals surface area contributed by atoms with Crippen molar-refractivity contribution in [1.29, 1.82) is 0 Å². The van der Waals surface area contributed by atoms with Gasteiger partial charge in [-0.05, 0) is 12.1 Å². The number of aryl methyl sites for hydroxylation is 1. The Hall–Kier alpha value is -2.61. The monoisotopic (exact) mass is 304 g/mol. The minimum absolute atomic E-state index is 0.0359. The van der Waals surface area contributed by atoms with Crippen LogP contribution in [-0.4, -0.2) is 62.0 Å². The maximum atomic E-state index is 12.7. The SMILES string of the molecule is Cn1ncc(C(=O)N2CCO[C@@H](C(=O)O)C2)c1-n1cccc1. The molecule has 1 atom stereocenters. The van der Waals surface area contributed by atoms with Crippen LogP contribution >= 0.6 is 0 Å². The summed E-state index contributed by atoms with van der Waals surface area (Å²) < 4.78 is 8.56. The first-order valence-electron chi connectivity index (χ1n) is 6.87. The Bertz CT molecular complexity index is 692. The molecule has 116 valence electrons. The average molecular weight is 304 g/mol. The van der Waals surface area contributed by atoms with Gasteiger partial charge < -0.3 is 19.3 Å². The maximum Gasteiger partial charge on any atom is 0.334 e. The standard InChI is InChI=1S/C14H16N4O4/c1-16-12(17-4-2-3-5-17)10(8-15-16)13(19)18-6-7-22-11(9-18)14(20)21/h2-5,8,11H,6-7,9H2,1H3,(H,20,21)/t11-/m1/s1. The predicted molar refractivity (Wildman–Crippen MR) is 75.8 cm³/mol. The first-order valence-corrected chi connectivity index (χ1v) is 6.87. The van der Waals surface area contributed by atoms with Gasteiger partial charge in [0.15, 0.2) is 6.10 Å². The van der Waals surface area contributed by atoms with Gasteiger partial charge in [-0.3, -0.25) is 9.48 Å². The molecule has 1 amide bonds. The van der Waals surface area contributed by atoms with Crippen LogP contribution in [0.15, 0.2) is 30.7 Å². The molecule has 1 aliphatic rings. The topological polar surface area (TPSA) is 89.6 Å². The van der Waals surface area contributed by atoms with Crippen LogP contribution in [0.3, 0.4) is 0 Å². The lowest BCUT2D eigenvalue weighted by molar-refractivity contribution is -0.154. The van der Waals surface area contributed by atoms with E-state index in [9.17, 15) is 9.59 Å². The van der Waals surface area contributed by atoms with Gasteiger partial charge in [0, 0.05) is 26.0 Å². The second kappa shape index (κ2) is 5.64. The number of aromatic nitrogens is 3. The fourth-order valence-corrected chi connectivity index (χ4v) is 2.52.